The smallest absolute Gasteiger partial charge is 0.410 e. The summed E-state index contributed by atoms with van der Waals surface area (Å²) in [4.78, 5) is 21.2. The number of likely N-dealkylation sites (tertiary alicyclic amines) is 1. The number of carbonyl (C=O) groups excluding carboxylic acids is 1. The van der Waals surface area contributed by atoms with Gasteiger partial charge >= 0.3 is 6.09 Å². The average molecular weight is 338 g/mol. The molecule has 2 N–H and O–H groups in total. The zero-order valence-corrected chi connectivity index (χ0v) is 15.1. The summed E-state index contributed by atoms with van der Waals surface area (Å²) in [5, 5.41) is 1.54. The molecule has 0 unspecified atom stereocenters. The Morgan fingerprint density at radius 1 is 1.43 bits per heavy atom. The van der Waals surface area contributed by atoms with Crippen molar-refractivity contribution in [3.8, 4) is 0 Å². The molecule has 0 aliphatic carbocycles. The van der Waals surface area contributed by atoms with Crippen molar-refractivity contribution in [2.45, 2.75) is 52.2 Å². The van der Waals surface area contributed by atoms with Crippen molar-refractivity contribution < 1.29 is 9.53 Å². The van der Waals surface area contributed by atoms with Crippen molar-refractivity contribution >= 4 is 23.7 Å². The summed E-state index contributed by atoms with van der Waals surface area (Å²) in [7, 11) is 0. The first kappa shape index (κ1) is 19.4. The number of aromatic nitrogens is 2. The van der Waals surface area contributed by atoms with Gasteiger partial charge in [0.2, 0.25) is 0 Å². The molecule has 23 heavy (non-hydrogen) atoms. The van der Waals surface area contributed by atoms with Gasteiger partial charge in [0.1, 0.15) is 11.4 Å². The summed E-state index contributed by atoms with van der Waals surface area (Å²) in [6.07, 6.45) is 3.23. The molecule has 1 fully saturated rings. The topological polar surface area (TPSA) is 81.3 Å². The second-order valence-corrected chi connectivity index (χ2v) is 6.69. The highest BCUT2D eigenvalue weighted by molar-refractivity contribution is 7.79. The minimum atomic E-state index is -0.406. The molecule has 0 radical (unpaired) electrons. The van der Waals surface area contributed by atoms with Crippen LogP contribution < -0.4 is 5.73 Å². The molecule has 1 aromatic rings. The van der Waals surface area contributed by atoms with Gasteiger partial charge in [0.05, 0.1) is 5.69 Å². The molecule has 1 aromatic heterocycles. The van der Waals surface area contributed by atoms with E-state index in [2.05, 4.69) is 22.2 Å². The van der Waals surface area contributed by atoms with Gasteiger partial charge < -0.3 is 15.4 Å². The Kier molecular flexibility index (Phi) is 7.51. The molecule has 1 aliphatic rings. The Morgan fingerprint density at radius 3 is 2.48 bits per heavy atom. The molecular formula is C16H26N4O2S. The van der Waals surface area contributed by atoms with Gasteiger partial charge in [-0.3, -0.25) is 0 Å². The van der Waals surface area contributed by atoms with Gasteiger partial charge in [0, 0.05) is 30.7 Å². The van der Waals surface area contributed by atoms with Crippen molar-refractivity contribution in [2.75, 3.05) is 13.1 Å². The van der Waals surface area contributed by atoms with Gasteiger partial charge in [-0.05, 0) is 46.6 Å². The van der Waals surface area contributed by atoms with Crippen LogP contribution in [0, 0.1) is 6.92 Å². The van der Waals surface area contributed by atoms with Crippen LogP contribution in [0.1, 0.15) is 45.1 Å². The highest BCUT2D eigenvalue weighted by atomic mass is 32.1. The lowest BCUT2D eigenvalue weighted by Crippen LogP contribution is -2.44. The lowest BCUT2D eigenvalue weighted by molar-refractivity contribution is 0.0207. The van der Waals surface area contributed by atoms with Gasteiger partial charge in [-0.25, -0.2) is 14.8 Å². The van der Waals surface area contributed by atoms with Gasteiger partial charge in [-0.1, -0.05) is 12.2 Å². The molecule has 128 valence electrons. The number of hydrogen-bond acceptors (Lipinski definition) is 6. The zero-order valence-electron chi connectivity index (χ0n) is 14.3. The molecule has 0 bridgehead atoms. The Hall–Kier alpha value is -1.60. The fourth-order valence-corrected chi connectivity index (χ4v) is 2.08. The van der Waals surface area contributed by atoms with Crippen LogP contribution in [0.4, 0.5) is 4.79 Å². The molecule has 0 aromatic carbocycles. The van der Waals surface area contributed by atoms with E-state index in [1.807, 2.05) is 27.7 Å². The number of nitrogens with zero attached hydrogens (tertiary/aromatic N) is 3. The quantitative estimate of drug-likeness (QED) is 0.792. The minimum Gasteiger partial charge on any atom is -0.444 e. The molecular weight excluding hydrogens is 312 g/mol. The van der Waals surface area contributed by atoms with Crippen molar-refractivity contribution in [1.29, 1.82) is 0 Å². The van der Waals surface area contributed by atoms with Crippen LogP contribution in [0.25, 0.3) is 0 Å². The Morgan fingerprint density at radius 2 is 2.04 bits per heavy atom. The van der Waals surface area contributed by atoms with E-state index in [1.54, 1.807) is 17.2 Å². The molecule has 1 amide bonds. The average Bonchev–Trinajstić information content (AvgIpc) is 2.46. The molecule has 0 spiro atoms. The minimum absolute atomic E-state index is 0.218. The SMILES string of the molecule is CC(C)(C)OC(=O)N1CCC(N)CC1.Cc1nccc(C=S)n1. The number of nitrogens with two attached hydrogens (primary N) is 1. The van der Waals surface area contributed by atoms with Crippen molar-refractivity contribution in [3.63, 3.8) is 0 Å². The maximum atomic E-state index is 11.6. The van der Waals surface area contributed by atoms with Gasteiger partial charge in [-0.2, -0.15) is 0 Å². The number of carbonyl (C=O) groups is 1. The van der Waals surface area contributed by atoms with E-state index in [1.165, 1.54) is 5.37 Å². The molecule has 0 saturated carbocycles. The van der Waals surface area contributed by atoms with Gasteiger partial charge in [0.25, 0.3) is 0 Å². The molecule has 1 saturated heterocycles. The number of piperidine rings is 1. The number of rotatable bonds is 1. The predicted molar refractivity (Wildman–Crippen MR) is 94.5 cm³/mol. The molecule has 7 heteroatoms. The van der Waals surface area contributed by atoms with Crippen LogP contribution in [0.2, 0.25) is 0 Å². The fourth-order valence-electron chi connectivity index (χ4n) is 1.95. The summed E-state index contributed by atoms with van der Waals surface area (Å²) in [6.45, 7) is 8.90. The first-order valence-electron chi connectivity index (χ1n) is 7.69. The lowest BCUT2D eigenvalue weighted by atomic mass is 10.1. The highest BCUT2D eigenvalue weighted by Gasteiger charge is 2.25. The van der Waals surface area contributed by atoms with Crippen molar-refractivity contribution in [2.24, 2.45) is 5.73 Å². The van der Waals surface area contributed by atoms with E-state index in [0.717, 1.165) is 37.4 Å². The van der Waals surface area contributed by atoms with Crippen LogP contribution >= 0.6 is 12.2 Å². The number of aryl methyl sites for hydroxylation is 1. The second kappa shape index (κ2) is 8.88. The van der Waals surface area contributed by atoms with Crippen LogP contribution in [-0.2, 0) is 4.74 Å². The predicted octanol–water partition coefficient (Wildman–Crippen LogP) is 2.48. The molecule has 2 rings (SSSR count). The largest absolute Gasteiger partial charge is 0.444 e. The maximum Gasteiger partial charge on any atom is 0.410 e. The number of thiocarbonyl (C=S) groups is 1. The normalized spacial score (nSPS) is 15.4. The first-order chi connectivity index (χ1) is 10.7. The number of amides is 1. The zero-order chi connectivity index (χ0) is 17.5. The number of ether oxygens (including phenoxy) is 1. The Balaban J connectivity index is 0.000000253. The monoisotopic (exact) mass is 338 g/mol. The van der Waals surface area contributed by atoms with E-state index >= 15 is 0 Å². The summed E-state index contributed by atoms with van der Waals surface area (Å²) in [5.74, 6) is 0.758. The standard InChI is InChI=1S/C10H20N2O2.C6H6N2S/c1-10(2,3)14-9(13)12-6-4-8(11)5-7-12;1-5-7-3-2-6(4-9)8-5/h8H,4-7,11H2,1-3H3;2-4H,1H3. The van der Waals surface area contributed by atoms with Gasteiger partial charge in [0.15, 0.2) is 0 Å². The molecule has 1 aliphatic heterocycles. The fraction of sp³-hybridized carbons (Fsp3) is 0.625. The van der Waals surface area contributed by atoms with E-state index in [-0.39, 0.29) is 12.1 Å². The van der Waals surface area contributed by atoms with Crippen LogP contribution in [0.5, 0.6) is 0 Å². The van der Waals surface area contributed by atoms with Gasteiger partial charge in [-0.15, -0.1) is 0 Å². The first-order valence-corrected chi connectivity index (χ1v) is 8.17. The Labute approximate surface area is 143 Å². The highest BCUT2D eigenvalue weighted by Crippen LogP contribution is 2.14. The van der Waals surface area contributed by atoms with E-state index in [0.29, 0.717) is 0 Å². The third kappa shape index (κ3) is 7.99. The number of hydrogen-bond donors (Lipinski definition) is 1. The molecule has 2 heterocycles. The van der Waals surface area contributed by atoms with E-state index in [4.69, 9.17) is 10.5 Å². The molecule has 6 nitrogen and oxygen atoms in total. The van der Waals surface area contributed by atoms with Crippen LogP contribution in [0.3, 0.4) is 0 Å². The van der Waals surface area contributed by atoms with Crippen molar-refractivity contribution in [1.82, 2.24) is 14.9 Å². The van der Waals surface area contributed by atoms with E-state index in [9.17, 15) is 4.79 Å². The van der Waals surface area contributed by atoms with Crippen LogP contribution in [-0.4, -0.2) is 51.1 Å². The second-order valence-electron chi connectivity index (χ2n) is 6.45. The maximum absolute atomic E-state index is 11.6. The van der Waals surface area contributed by atoms with Crippen LogP contribution in [0.15, 0.2) is 12.3 Å². The third-order valence-electron chi connectivity index (χ3n) is 3.11. The third-order valence-corrected chi connectivity index (χ3v) is 3.35. The summed E-state index contributed by atoms with van der Waals surface area (Å²) in [5.41, 5.74) is 6.14. The van der Waals surface area contributed by atoms with E-state index < -0.39 is 5.60 Å². The summed E-state index contributed by atoms with van der Waals surface area (Å²) >= 11 is 4.66. The Bertz CT molecular complexity index is 523. The molecule has 0 atom stereocenters. The lowest BCUT2D eigenvalue weighted by Gasteiger charge is -2.32. The summed E-state index contributed by atoms with van der Waals surface area (Å²) < 4.78 is 5.26. The van der Waals surface area contributed by atoms with Crippen molar-refractivity contribution in [3.05, 3.63) is 23.8 Å². The summed E-state index contributed by atoms with van der Waals surface area (Å²) in [6, 6.07) is 2.02.